The molecule has 3 heterocycles. The van der Waals surface area contributed by atoms with E-state index in [0.29, 0.717) is 47.5 Å². The Balaban J connectivity index is 1.64. The molecule has 1 aromatic carbocycles. The number of hydrogen-bond donors (Lipinski definition) is 1. The molecule has 4 bridgehead atoms. The fraction of sp³-hybridized carbons (Fsp3) is 0.485. The monoisotopic (exact) mass is 560 g/mol. The van der Waals surface area contributed by atoms with Crippen molar-refractivity contribution in [3.63, 3.8) is 0 Å². The van der Waals surface area contributed by atoms with Crippen LogP contribution in [0.1, 0.15) is 82.8 Å². The molecule has 1 spiro atoms. The van der Waals surface area contributed by atoms with Gasteiger partial charge < -0.3 is 24.1 Å². The Morgan fingerprint density at radius 3 is 2.51 bits per heavy atom. The van der Waals surface area contributed by atoms with Crippen LogP contribution in [0.15, 0.2) is 41.2 Å². The quantitative estimate of drug-likeness (QED) is 0.274. The summed E-state index contributed by atoms with van der Waals surface area (Å²) in [6.07, 6.45) is 9.94. The molecule has 8 heteroatoms. The Hall–Kier alpha value is -3.65. The number of phenols is 1. The minimum absolute atomic E-state index is 0.0500. The number of Topliss-reactive ketones (excluding diaryl/α,β-unsaturated/α-hetero) is 2. The number of fused-ring (bicyclic) bond motifs is 2. The maximum absolute atomic E-state index is 14.5. The Morgan fingerprint density at radius 2 is 1.83 bits per heavy atom. The van der Waals surface area contributed by atoms with Crippen molar-refractivity contribution < 1.29 is 38.4 Å². The van der Waals surface area contributed by atoms with Gasteiger partial charge in [0.05, 0.1) is 11.2 Å². The first-order chi connectivity index (χ1) is 19.2. The van der Waals surface area contributed by atoms with Gasteiger partial charge in [0.15, 0.2) is 22.8 Å². The molecule has 3 aliphatic carbocycles. The molecular weight excluding hydrogens is 524 g/mol. The summed E-state index contributed by atoms with van der Waals surface area (Å²) in [6, 6.07) is 0. The molecule has 1 saturated heterocycles. The number of benzene rings is 1. The highest BCUT2D eigenvalue weighted by Gasteiger charge is 2.81. The van der Waals surface area contributed by atoms with E-state index >= 15 is 0 Å². The van der Waals surface area contributed by atoms with Crippen LogP contribution in [0.5, 0.6) is 17.2 Å². The van der Waals surface area contributed by atoms with Crippen molar-refractivity contribution in [1.29, 1.82) is 0 Å². The zero-order valence-electron chi connectivity index (χ0n) is 24.5. The predicted molar refractivity (Wildman–Crippen MR) is 151 cm³/mol. The van der Waals surface area contributed by atoms with Crippen molar-refractivity contribution in [2.24, 2.45) is 11.8 Å². The molecule has 41 heavy (non-hydrogen) atoms. The second-order valence-corrected chi connectivity index (χ2v) is 13.1. The molecule has 0 aromatic heterocycles. The molecule has 8 nitrogen and oxygen atoms in total. The van der Waals surface area contributed by atoms with Gasteiger partial charge in [-0.05, 0) is 79.5 Å². The highest BCUT2D eigenvalue weighted by Crippen LogP contribution is 2.68. The van der Waals surface area contributed by atoms with Crippen LogP contribution in [0.25, 0.3) is 6.08 Å². The normalized spacial score (nSPS) is 31.3. The number of carbonyl (C=O) groups excluding carboxylic acids is 3. The van der Waals surface area contributed by atoms with Crippen LogP contribution in [0, 0.1) is 11.8 Å². The molecule has 1 N–H and O–H groups in total. The second kappa shape index (κ2) is 8.68. The fourth-order valence-electron chi connectivity index (χ4n) is 7.47. The van der Waals surface area contributed by atoms with Gasteiger partial charge in [0.1, 0.15) is 34.2 Å². The van der Waals surface area contributed by atoms with Gasteiger partial charge in [0.2, 0.25) is 0 Å². The third-order valence-corrected chi connectivity index (χ3v) is 9.25. The van der Waals surface area contributed by atoms with Crippen LogP contribution in [0.2, 0.25) is 0 Å². The number of aromatic hydroxyl groups is 1. The lowest BCUT2D eigenvalue weighted by atomic mass is 9.51. The Morgan fingerprint density at radius 1 is 1.10 bits per heavy atom. The third kappa shape index (κ3) is 3.59. The highest BCUT2D eigenvalue weighted by atomic mass is 16.6. The number of allylic oxidation sites excluding steroid dienone is 4. The number of carbonyl (C=O) groups is 3. The third-order valence-electron chi connectivity index (χ3n) is 9.25. The number of phenolic OH excluding ortho intramolecular Hbond substituents is 1. The van der Waals surface area contributed by atoms with Crippen molar-refractivity contribution in [1.82, 2.24) is 0 Å². The lowest BCUT2D eigenvalue weighted by Gasteiger charge is -2.56. The molecule has 1 aromatic rings. The summed E-state index contributed by atoms with van der Waals surface area (Å²) >= 11 is 0. The van der Waals surface area contributed by atoms with Gasteiger partial charge in [0.25, 0.3) is 6.47 Å². The van der Waals surface area contributed by atoms with Crippen molar-refractivity contribution in [3.05, 3.63) is 57.9 Å². The van der Waals surface area contributed by atoms with E-state index in [1.807, 2.05) is 53.7 Å². The van der Waals surface area contributed by atoms with Crippen LogP contribution in [0.4, 0.5) is 0 Å². The van der Waals surface area contributed by atoms with Gasteiger partial charge in [-0.25, -0.2) is 0 Å². The van der Waals surface area contributed by atoms with Crippen molar-refractivity contribution in [2.45, 2.75) is 90.1 Å². The number of ether oxygens (including phenoxy) is 4. The lowest BCUT2D eigenvalue weighted by Crippen LogP contribution is -2.72. The first kappa shape index (κ1) is 27.5. The summed E-state index contributed by atoms with van der Waals surface area (Å²) in [6.45, 7) is 13.6. The summed E-state index contributed by atoms with van der Waals surface area (Å²) in [5.74, 6) is -0.617. The van der Waals surface area contributed by atoms with Crippen LogP contribution in [-0.2, 0) is 25.5 Å². The summed E-state index contributed by atoms with van der Waals surface area (Å²) in [5, 5.41) is 11.6. The summed E-state index contributed by atoms with van der Waals surface area (Å²) in [4.78, 5) is 39.7. The van der Waals surface area contributed by atoms with Gasteiger partial charge in [-0.15, -0.1) is 0 Å². The number of rotatable bonds is 6. The average Bonchev–Trinajstić information content (AvgIpc) is 3.04. The van der Waals surface area contributed by atoms with Gasteiger partial charge in [0, 0.05) is 29.4 Å². The van der Waals surface area contributed by atoms with Crippen molar-refractivity contribution >= 4 is 24.1 Å². The minimum atomic E-state index is -1.53. The summed E-state index contributed by atoms with van der Waals surface area (Å²) in [5.41, 5.74) is -1.89. The van der Waals surface area contributed by atoms with E-state index in [-0.39, 0.29) is 41.0 Å². The zero-order chi connectivity index (χ0) is 29.7. The maximum Gasteiger partial charge on any atom is 0.298 e. The molecule has 0 radical (unpaired) electrons. The van der Waals surface area contributed by atoms with E-state index in [0.717, 1.165) is 5.57 Å². The largest absolute Gasteiger partial charge is 0.506 e. The SMILES string of the molecule is CC(C)=CCc1c2c(c(O)c3c1O[C@]14C(=CC5CC1C(C)(C)OC4(C/C=C(/C)OC=O)C5=O)C3=O)C=CC(C)(C)O2. The molecule has 2 fully saturated rings. The molecular formula is C33H36O8. The highest BCUT2D eigenvalue weighted by molar-refractivity contribution is 6.19. The van der Waals surface area contributed by atoms with Crippen molar-refractivity contribution in [3.8, 4) is 17.2 Å². The van der Waals surface area contributed by atoms with E-state index in [9.17, 15) is 19.5 Å². The second-order valence-electron chi connectivity index (χ2n) is 13.1. The van der Waals surface area contributed by atoms with Crippen LogP contribution in [0.3, 0.4) is 0 Å². The first-order valence-electron chi connectivity index (χ1n) is 14.1. The Kier molecular flexibility index (Phi) is 5.82. The van der Waals surface area contributed by atoms with E-state index in [1.165, 1.54) is 0 Å². The standard InChI is InChI=1S/C33H36O8/c1-17(2)8-9-21-27-20(11-12-30(4,5)39-27)25(35)24-26(36)22-14-19-15-23-31(6,7)41-32(29(19)37,13-10-18(3)38-16-34)33(22,23)40-28(21)24/h8,10-12,14,16,19,23,35H,9,13,15H2,1-7H3/b18-10-/t19?,23?,32?,33-/m1/s1. The minimum Gasteiger partial charge on any atom is -0.506 e. The van der Waals surface area contributed by atoms with Crippen LogP contribution < -0.4 is 9.47 Å². The molecule has 6 aliphatic rings. The van der Waals surface area contributed by atoms with E-state index in [2.05, 4.69) is 0 Å². The predicted octanol–water partition coefficient (Wildman–Crippen LogP) is 5.56. The topological polar surface area (TPSA) is 108 Å². The zero-order valence-corrected chi connectivity index (χ0v) is 24.5. The number of hydrogen-bond acceptors (Lipinski definition) is 8. The Bertz CT molecular complexity index is 1530. The molecule has 1 saturated carbocycles. The summed E-state index contributed by atoms with van der Waals surface area (Å²) in [7, 11) is 0. The Labute approximate surface area is 239 Å². The van der Waals surface area contributed by atoms with Gasteiger partial charge >= 0.3 is 0 Å². The van der Waals surface area contributed by atoms with E-state index in [1.54, 1.807) is 25.2 Å². The van der Waals surface area contributed by atoms with Crippen LogP contribution >= 0.6 is 0 Å². The average molecular weight is 561 g/mol. The molecule has 0 amide bonds. The summed E-state index contributed by atoms with van der Waals surface area (Å²) < 4.78 is 25.2. The van der Waals surface area contributed by atoms with Crippen molar-refractivity contribution in [2.75, 3.05) is 0 Å². The number of ketones is 2. The smallest absolute Gasteiger partial charge is 0.298 e. The first-order valence-corrected chi connectivity index (χ1v) is 14.1. The maximum atomic E-state index is 14.5. The van der Waals surface area contributed by atoms with E-state index < -0.39 is 28.3 Å². The van der Waals surface area contributed by atoms with E-state index in [4.69, 9.17) is 18.9 Å². The molecule has 7 rings (SSSR count). The van der Waals surface area contributed by atoms with Gasteiger partial charge in [-0.3, -0.25) is 14.4 Å². The van der Waals surface area contributed by atoms with Gasteiger partial charge in [-0.2, -0.15) is 0 Å². The molecule has 4 atom stereocenters. The lowest BCUT2D eigenvalue weighted by molar-refractivity contribution is -0.171. The molecule has 3 unspecified atom stereocenters. The van der Waals surface area contributed by atoms with Gasteiger partial charge in [-0.1, -0.05) is 17.7 Å². The fourth-order valence-corrected chi connectivity index (χ4v) is 7.47. The molecule has 3 aliphatic heterocycles. The molecule has 216 valence electrons. The van der Waals surface area contributed by atoms with Crippen LogP contribution in [-0.4, -0.2) is 45.5 Å².